The van der Waals surface area contributed by atoms with Gasteiger partial charge in [-0.15, -0.1) is 10.2 Å². The summed E-state index contributed by atoms with van der Waals surface area (Å²) in [5, 5.41) is 10.1. The van der Waals surface area contributed by atoms with E-state index in [0.717, 1.165) is 30.3 Å². The number of rotatable bonds is 7. The Morgan fingerprint density at radius 3 is 2.57 bits per heavy atom. The third-order valence-corrected chi connectivity index (χ3v) is 6.71. The van der Waals surface area contributed by atoms with E-state index in [0.29, 0.717) is 40.9 Å². The number of ether oxygens (including phenoxy) is 1. The fourth-order valence-corrected chi connectivity index (χ4v) is 4.91. The van der Waals surface area contributed by atoms with Crippen LogP contribution in [0.2, 0.25) is 0 Å². The van der Waals surface area contributed by atoms with Crippen molar-refractivity contribution in [3.05, 3.63) is 70.3 Å². The molecule has 3 heterocycles. The molecule has 10 nitrogen and oxygen atoms in total. The molecule has 0 spiro atoms. The van der Waals surface area contributed by atoms with Crippen molar-refractivity contribution in [2.75, 3.05) is 31.2 Å². The highest BCUT2D eigenvalue weighted by molar-refractivity contribution is 7.98. The maximum Gasteiger partial charge on any atom is 0.261 e. The van der Waals surface area contributed by atoms with Crippen LogP contribution >= 0.6 is 11.8 Å². The number of hydrogen-bond donors (Lipinski definition) is 1. The molecule has 5 rings (SSSR count). The Morgan fingerprint density at radius 1 is 1.09 bits per heavy atom. The lowest BCUT2D eigenvalue weighted by Crippen LogP contribution is -2.37. The first kappa shape index (κ1) is 23.1. The van der Waals surface area contributed by atoms with Crippen molar-refractivity contribution in [3.8, 4) is 5.69 Å². The van der Waals surface area contributed by atoms with Crippen LogP contribution in [0.1, 0.15) is 11.4 Å². The molecule has 180 valence electrons. The average Bonchev–Trinajstić information content (AvgIpc) is 3.29. The molecule has 0 unspecified atom stereocenters. The van der Waals surface area contributed by atoms with Gasteiger partial charge in [-0.1, -0.05) is 41.6 Å². The number of hydrogen-bond acceptors (Lipinski definition) is 8. The van der Waals surface area contributed by atoms with Gasteiger partial charge >= 0.3 is 0 Å². The van der Waals surface area contributed by atoms with Crippen molar-refractivity contribution in [3.63, 3.8) is 0 Å². The van der Waals surface area contributed by atoms with Crippen molar-refractivity contribution < 1.29 is 9.53 Å². The van der Waals surface area contributed by atoms with E-state index in [2.05, 4.69) is 20.1 Å². The molecule has 2 aromatic carbocycles. The normalized spacial score (nSPS) is 13.9. The van der Waals surface area contributed by atoms with Crippen molar-refractivity contribution in [2.45, 2.75) is 24.4 Å². The van der Waals surface area contributed by atoms with Crippen LogP contribution in [0.25, 0.3) is 16.6 Å². The Hall–Kier alpha value is -3.70. The van der Waals surface area contributed by atoms with Gasteiger partial charge in [0, 0.05) is 13.1 Å². The Balaban J connectivity index is 1.53. The van der Waals surface area contributed by atoms with E-state index in [-0.39, 0.29) is 12.1 Å². The van der Waals surface area contributed by atoms with Gasteiger partial charge in [-0.05, 0) is 31.2 Å². The van der Waals surface area contributed by atoms with Crippen LogP contribution in [0.3, 0.4) is 0 Å². The topological polar surface area (TPSA) is 121 Å². The van der Waals surface area contributed by atoms with E-state index in [1.54, 1.807) is 18.2 Å². The predicted molar refractivity (Wildman–Crippen MR) is 134 cm³/mol. The second kappa shape index (κ2) is 9.88. The zero-order valence-corrected chi connectivity index (χ0v) is 20.1. The summed E-state index contributed by atoms with van der Waals surface area (Å²) < 4.78 is 8.85. The molecule has 0 aliphatic carbocycles. The molecule has 0 saturated carbocycles. The van der Waals surface area contributed by atoms with Crippen LogP contribution in [0.5, 0.6) is 0 Å². The number of para-hydroxylation sites is 1. The van der Waals surface area contributed by atoms with Gasteiger partial charge in [0.25, 0.3) is 5.56 Å². The number of carbonyl (C=O) groups excluding carboxylic acids is 1. The quantitative estimate of drug-likeness (QED) is 0.389. The highest BCUT2D eigenvalue weighted by Crippen LogP contribution is 2.29. The maximum atomic E-state index is 13.1. The SMILES string of the molecule is Cc1ccc(-n2c(SCc3nc4ccccc4c(=O)n3CC(N)=O)nnc2N2CCOCC2)cc1. The summed E-state index contributed by atoms with van der Waals surface area (Å²) in [6.45, 7) is 4.50. The van der Waals surface area contributed by atoms with Gasteiger partial charge in [-0.25, -0.2) is 4.98 Å². The molecule has 1 aliphatic heterocycles. The fraction of sp³-hybridized carbons (Fsp3) is 0.292. The number of anilines is 1. The minimum atomic E-state index is -0.604. The summed E-state index contributed by atoms with van der Waals surface area (Å²) in [6.07, 6.45) is 0. The van der Waals surface area contributed by atoms with Gasteiger partial charge in [0.15, 0.2) is 5.16 Å². The Bertz CT molecular complexity index is 1430. The number of morpholine rings is 1. The summed E-state index contributed by atoms with van der Waals surface area (Å²) in [4.78, 5) is 31.6. The molecule has 35 heavy (non-hydrogen) atoms. The van der Waals surface area contributed by atoms with E-state index < -0.39 is 5.91 Å². The Labute approximate surface area is 205 Å². The summed E-state index contributed by atoms with van der Waals surface area (Å²) in [7, 11) is 0. The van der Waals surface area contributed by atoms with Crippen LogP contribution in [0, 0.1) is 6.92 Å². The first-order valence-electron chi connectivity index (χ1n) is 11.3. The van der Waals surface area contributed by atoms with E-state index in [9.17, 15) is 9.59 Å². The Morgan fingerprint density at radius 2 is 1.83 bits per heavy atom. The van der Waals surface area contributed by atoms with E-state index in [1.165, 1.54) is 16.3 Å². The number of nitrogens with two attached hydrogens (primary N) is 1. The number of aromatic nitrogens is 5. The molecule has 1 aliphatic rings. The molecule has 0 radical (unpaired) electrons. The van der Waals surface area contributed by atoms with Crippen LogP contribution in [0.4, 0.5) is 5.95 Å². The first-order chi connectivity index (χ1) is 17.0. The monoisotopic (exact) mass is 491 g/mol. The number of fused-ring (bicyclic) bond motifs is 1. The number of primary amides is 1. The number of aryl methyl sites for hydroxylation is 1. The van der Waals surface area contributed by atoms with Gasteiger partial charge in [0.05, 0.1) is 35.6 Å². The maximum absolute atomic E-state index is 13.1. The van der Waals surface area contributed by atoms with Crippen molar-refractivity contribution >= 4 is 34.5 Å². The van der Waals surface area contributed by atoms with Gasteiger partial charge in [-0.3, -0.25) is 18.7 Å². The molecule has 2 N–H and O–H groups in total. The number of amides is 1. The molecule has 1 saturated heterocycles. The molecule has 1 fully saturated rings. The highest BCUT2D eigenvalue weighted by Gasteiger charge is 2.23. The third kappa shape index (κ3) is 4.77. The van der Waals surface area contributed by atoms with Crippen LogP contribution in [0.15, 0.2) is 58.5 Å². The molecular weight excluding hydrogens is 466 g/mol. The lowest BCUT2D eigenvalue weighted by molar-refractivity contribution is -0.118. The van der Waals surface area contributed by atoms with Crippen LogP contribution < -0.4 is 16.2 Å². The first-order valence-corrected chi connectivity index (χ1v) is 12.2. The average molecular weight is 492 g/mol. The zero-order chi connectivity index (χ0) is 24.4. The third-order valence-electron chi connectivity index (χ3n) is 5.79. The number of benzene rings is 2. The van der Waals surface area contributed by atoms with Gasteiger partial charge in [0.2, 0.25) is 11.9 Å². The van der Waals surface area contributed by atoms with E-state index in [4.69, 9.17) is 10.5 Å². The molecule has 1 amide bonds. The second-order valence-corrected chi connectivity index (χ2v) is 9.19. The smallest absolute Gasteiger partial charge is 0.261 e. The minimum Gasteiger partial charge on any atom is -0.378 e. The van der Waals surface area contributed by atoms with Crippen molar-refractivity contribution in [1.29, 1.82) is 0 Å². The number of thioether (sulfide) groups is 1. The minimum absolute atomic E-state index is 0.240. The lowest BCUT2D eigenvalue weighted by Gasteiger charge is -2.28. The number of carbonyl (C=O) groups is 1. The van der Waals surface area contributed by atoms with Gasteiger partial charge in [-0.2, -0.15) is 0 Å². The fourth-order valence-electron chi connectivity index (χ4n) is 4.02. The lowest BCUT2D eigenvalue weighted by atomic mass is 10.2. The standard InChI is InChI=1S/C24H25N7O3S/c1-16-6-8-17(9-7-16)31-23(29-10-12-34-13-11-29)27-28-24(31)35-15-21-26-19-5-3-2-4-18(19)22(33)30(21)14-20(25)32/h2-9H,10-15H2,1H3,(H2,25,32). The summed E-state index contributed by atoms with van der Waals surface area (Å²) in [5.41, 5.74) is 7.80. The summed E-state index contributed by atoms with van der Waals surface area (Å²) in [6, 6.07) is 15.2. The van der Waals surface area contributed by atoms with E-state index >= 15 is 0 Å². The van der Waals surface area contributed by atoms with Crippen molar-refractivity contribution in [1.82, 2.24) is 24.3 Å². The predicted octanol–water partition coefficient (Wildman–Crippen LogP) is 1.90. The molecule has 2 aromatic heterocycles. The van der Waals surface area contributed by atoms with Crippen molar-refractivity contribution in [2.24, 2.45) is 5.73 Å². The second-order valence-electron chi connectivity index (χ2n) is 8.24. The largest absolute Gasteiger partial charge is 0.378 e. The molecule has 0 atom stereocenters. The zero-order valence-electron chi connectivity index (χ0n) is 19.3. The Kier molecular flexibility index (Phi) is 6.51. The van der Waals surface area contributed by atoms with E-state index in [1.807, 2.05) is 41.8 Å². The molecule has 0 bridgehead atoms. The van der Waals surface area contributed by atoms with Gasteiger partial charge in [0.1, 0.15) is 12.4 Å². The summed E-state index contributed by atoms with van der Waals surface area (Å²) in [5.74, 6) is 0.887. The molecule has 4 aromatic rings. The van der Waals surface area contributed by atoms with Crippen LogP contribution in [-0.4, -0.2) is 56.5 Å². The molecule has 11 heteroatoms. The highest BCUT2D eigenvalue weighted by atomic mass is 32.2. The molecular formula is C24H25N7O3S. The van der Waals surface area contributed by atoms with Crippen LogP contribution in [-0.2, 0) is 21.8 Å². The van der Waals surface area contributed by atoms with Gasteiger partial charge < -0.3 is 15.4 Å². The number of nitrogens with zero attached hydrogens (tertiary/aromatic N) is 6. The summed E-state index contributed by atoms with van der Waals surface area (Å²) >= 11 is 1.40.